The monoisotopic (exact) mass is 307 g/mol. The number of nitrogens with zero attached hydrogens (tertiary/aromatic N) is 1. The van der Waals surface area contributed by atoms with Crippen LogP contribution in [-0.4, -0.2) is 4.98 Å². The standard InChI is InChI=1S/C20H38N2/c1-4-5-6-7-10-13-17-22-18-16-21-20(22)15-12-9-8-11-14-19(2)3/h16,18-19H,4-15,17H2,1-3H3/p+1. The molecule has 1 aromatic heterocycles. The number of H-pyrrole nitrogens is 1. The summed E-state index contributed by atoms with van der Waals surface area (Å²) >= 11 is 0. The molecule has 0 spiro atoms. The quantitative estimate of drug-likeness (QED) is 0.330. The van der Waals surface area contributed by atoms with Crippen LogP contribution in [0.3, 0.4) is 0 Å². The van der Waals surface area contributed by atoms with Gasteiger partial charge in [0.1, 0.15) is 12.4 Å². The van der Waals surface area contributed by atoms with Gasteiger partial charge in [-0.1, -0.05) is 72.1 Å². The highest BCUT2D eigenvalue weighted by Crippen LogP contribution is 2.10. The lowest BCUT2D eigenvalue weighted by molar-refractivity contribution is -0.703. The minimum Gasteiger partial charge on any atom is -0.248 e. The highest BCUT2D eigenvalue weighted by atomic mass is 15.1. The summed E-state index contributed by atoms with van der Waals surface area (Å²) in [5, 5.41) is 0. The number of aromatic nitrogens is 2. The first-order chi connectivity index (χ1) is 10.7. The molecule has 128 valence electrons. The minimum atomic E-state index is 0.864. The van der Waals surface area contributed by atoms with E-state index in [0.717, 1.165) is 5.92 Å². The SMILES string of the molecule is CCCCCCCC[n+]1cc[nH]c1CCCCCCC(C)C. The molecule has 0 aliphatic heterocycles. The Kier molecular flexibility index (Phi) is 11.1. The summed E-state index contributed by atoms with van der Waals surface area (Å²) in [6, 6.07) is 0. The molecule has 0 unspecified atom stereocenters. The molecule has 0 amide bonds. The zero-order valence-corrected chi connectivity index (χ0v) is 15.4. The topological polar surface area (TPSA) is 19.7 Å². The first-order valence-electron chi connectivity index (χ1n) is 9.79. The molecule has 1 heterocycles. The van der Waals surface area contributed by atoms with Gasteiger partial charge >= 0.3 is 0 Å². The number of aryl methyl sites for hydroxylation is 2. The Labute approximate surface area is 138 Å². The lowest BCUT2D eigenvalue weighted by Gasteiger charge is -2.04. The summed E-state index contributed by atoms with van der Waals surface area (Å²) in [6.45, 7) is 8.12. The number of aromatic amines is 1. The molecule has 0 atom stereocenters. The minimum absolute atomic E-state index is 0.864. The van der Waals surface area contributed by atoms with Crippen molar-refractivity contribution in [1.82, 2.24) is 4.98 Å². The molecule has 0 aliphatic rings. The van der Waals surface area contributed by atoms with E-state index in [9.17, 15) is 0 Å². The molecule has 0 saturated heterocycles. The molecule has 0 aromatic carbocycles. The van der Waals surface area contributed by atoms with E-state index in [1.165, 1.54) is 89.4 Å². The number of unbranched alkanes of at least 4 members (excludes halogenated alkanes) is 8. The Morgan fingerprint density at radius 1 is 0.909 bits per heavy atom. The Balaban J connectivity index is 2.08. The zero-order chi connectivity index (χ0) is 16.0. The molecule has 22 heavy (non-hydrogen) atoms. The van der Waals surface area contributed by atoms with Crippen LogP contribution in [0.4, 0.5) is 0 Å². The zero-order valence-electron chi connectivity index (χ0n) is 15.4. The molecule has 0 bridgehead atoms. The van der Waals surface area contributed by atoms with Crippen molar-refractivity contribution in [2.75, 3.05) is 0 Å². The maximum atomic E-state index is 3.44. The van der Waals surface area contributed by atoms with Gasteiger partial charge in [0.2, 0.25) is 0 Å². The van der Waals surface area contributed by atoms with Gasteiger partial charge in [-0.15, -0.1) is 0 Å². The van der Waals surface area contributed by atoms with Crippen LogP contribution >= 0.6 is 0 Å². The van der Waals surface area contributed by atoms with E-state index in [0.29, 0.717) is 0 Å². The molecule has 1 aromatic rings. The van der Waals surface area contributed by atoms with E-state index >= 15 is 0 Å². The van der Waals surface area contributed by atoms with Gasteiger partial charge in [-0.2, -0.15) is 0 Å². The summed E-state index contributed by atoms with van der Waals surface area (Å²) < 4.78 is 2.44. The number of nitrogens with one attached hydrogen (secondary N) is 1. The Bertz CT molecular complexity index is 354. The van der Waals surface area contributed by atoms with E-state index < -0.39 is 0 Å². The van der Waals surface area contributed by atoms with Crippen LogP contribution < -0.4 is 4.57 Å². The second kappa shape index (κ2) is 12.7. The molecule has 2 nitrogen and oxygen atoms in total. The first kappa shape index (κ1) is 19.3. The molecule has 1 N–H and O–H groups in total. The van der Waals surface area contributed by atoms with Crippen LogP contribution in [0.25, 0.3) is 0 Å². The number of hydrogen-bond donors (Lipinski definition) is 1. The molecule has 0 aliphatic carbocycles. The third-order valence-electron chi connectivity index (χ3n) is 4.55. The number of imidazole rings is 1. The van der Waals surface area contributed by atoms with Gasteiger partial charge in [-0.25, -0.2) is 9.55 Å². The van der Waals surface area contributed by atoms with E-state index in [1.54, 1.807) is 0 Å². The van der Waals surface area contributed by atoms with Crippen LogP contribution in [0.5, 0.6) is 0 Å². The summed E-state index contributed by atoms with van der Waals surface area (Å²) in [7, 11) is 0. The molecule has 0 radical (unpaired) electrons. The van der Waals surface area contributed by atoms with E-state index in [-0.39, 0.29) is 0 Å². The fourth-order valence-corrected chi connectivity index (χ4v) is 3.08. The van der Waals surface area contributed by atoms with Crippen molar-refractivity contribution in [3.8, 4) is 0 Å². The Morgan fingerprint density at radius 3 is 2.36 bits per heavy atom. The summed E-state index contributed by atoms with van der Waals surface area (Å²) in [5.74, 6) is 2.29. The molecule has 1 rings (SSSR count). The Morgan fingerprint density at radius 2 is 1.59 bits per heavy atom. The van der Waals surface area contributed by atoms with Gasteiger partial charge in [0.05, 0.1) is 6.54 Å². The van der Waals surface area contributed by atoms with Gasteiger partial charge in [0, 0.05) is 6.42 Å². The average molecular weight is 308 g/mol. The van der Waals surface area contributed by atoms with Crippen molar-refractivity contribution < 1.29 is 4.57 Å². The second-order valence-electron chi connectivity index (χ2n) is 7.21. The van der Waals surface area contributed by atoms with Gasteiger partial charge in [-0.3, -0.25) is 0 Å². The molecule has 2 heteroatoms. The Hall–Kier alpha value is -0.790. The highest BCUT2D eigenvalue weighted by Gasteiger charge is 2.09. The van der Waals surface area contributed by atoms with Crippen molar-refractivity contribution in [2.45, 2.75) is 104 Å². The van der Waals surface area contributed by atoms with Crippen LogP contribution in [0.1, 0.15) is 97.2 Å². The molecule has 0 saturated carbocycles. The first-order valence-corrected chi connectivity index (χ1v) is 9.79. The van der Waals surface area contributed by atoms with Crippen molar-refractivity contribution in [1.29, 1.82) is 0 Å². The predicted octanol–water partition coefficient (Wildman–Crippen LogP) is 5.81. The molecular formula is C20H39N2+. The summed E-state index contributed by atoms with van der Waals surface area (Å²) in [5.41, 5.74) is 0. The van der Waals surface area contributed by atoms with Gasteiger partial charge in [0.25, 0.3) is 5.82 Å². The molecular weight excluding hydrogens is 268 g/mol. The molecule has 0 fully saturated rings. The predicted molar refractivity (Wildman–Crippen MR) is 96.0 cm³/mol. The maximum absolute atomic E-state index is 3.44. The van der Waals surface area contributed by atoms with E-state index in [2.05, 4.69) is 42.7 Å². The summed E-state index contributed by atoms with van der Waals surface area (Å²) in [6.07, 6.45) is 20.7. The van der Waals surface area contributed by atoms with Crippen LogP contribution in [0, 0.1) is 5.92 Å². The number of hydrogen-bond acceptors (Lipinski definition) is 0. The van der Waals surface area contributed by atoms with Crippen LogP contribution in [0.2, 0.25) is 0 Å². The lowest BCUT2D eigenvalue weighted by Crippen LogP contribution is -2.36. The fraction of sp³-hybridized carbons (Fsp3) is 0.850. The van der Waals surface area contributed by atoms with Gasteiger partial charge < -0.3 is 0 Å². The van der Waals surface area contributed by atoms with Crippen LogP contribution in [-0.2, 0) is 13.0 Å². The fourth-order valence-electron chi connectivity index (χ4n) is 3.08. The normalized spacial score (nSPS) is 11.5. The van der Waals surface area contributed by atoms with Gasteiger partial charge in [-0.05, 0) is 25.2 Å². The third kappa shape index (κ3) is 9.27. The van der Waals surface area contributed by atoms with E-state index in [4.69, 9.17) is 0 Å². The second-order valence-corrected chi connectivity index (χ2v) is 7.21. The van der Waals surface area contributed by atoms with Crippen LogP contribution in [0.15, 0.2) is 12.4 Å². The summed E-state index contributed by atoms with van der Waals surface area (Å²) in [4.78, 5) is 3.44. The number of rotatable bonds is 14. The average Bonchev–Trinajstić information content (AvgIpc) is 2.93. The van der Waals surface area contributed by atoms with Gasteiger partial charge in [0.15, 0.2) is 0 Å². The van der Waals surface area contributed by atoms with E-state index in [1.807, 2.05) is 0 Å². The van der Waals surface area contributed by atoms with Crippen molar-refractivity contribution in [3.63, 3.8) is 0 Å². The van der Waals surface area contributed by atoms with Crippen molar-refractivity contribution in [2.24, 2.45) is 5.92 Å². The van der Waals surface area contributed by atoms with Crippen molar-refractivity contribution >= 4 is 0 Å². The highest BCUT2D eigenvalue weighted by molar-refractivity contribution is 4.77. The smallest absolute Gasteiger partial charge is 0.248 e. The maximum Gasteiger partial charge on any atom is 0.254 e. The largest absolute Gasteiger partial charge is 0.254 e. The third-order valence-corrected chi connectivity index (χ3v) is 4.55. The van der Waals surface area contributed by atoms with Crippen molar-refractivity contribution in [3.05, 3.63) is 18.2 Å². The lowest BCUT2D eigenvalue weighted by atomic mass is 10.0.